The number of ketones is 1. The van der Waals surface area contributed by atoms with Gasteiger partial charge in [-0.1, -0.05) is 28.9 Å². The lowest BCUT2D eigenvalue weighted by Crippen LogP contribution is -2.33. The highest BCUT2D eigenvalue weighted by molar-refractivity contribution is 9.10. The van der Waals surface area contributed by atoms with Crippen LogP contribution in [0.4, 0.5) is 0 Å². The molecule has 2 rings (SSSR count). The third-order valence-electron chi connectivity index (χ3n) is 4.15. The largest absolute Gasteiger partial charge is 0.390 e. The number of carbonyl (C=O) groups is 1. The summed E-state index contributed by atoms with van der Waals surface area (Å²) >= 11 is 3.44. The number of hydrogen-bond acceptors (Lipinski definition) is 2. The van der Waals surface area contributed by atoms with Crippen LogP contribution in [-0.2, 0) is 6.42 Å². The normalized spacial score (nSPS) is 27.3. The summed E-state index contributed by atoms with van der Waals surface area (Å²) in [5.74, 6) is 0.313. The standard InChI is InChI=1S/C16H21BrO2/c1-3-11-4-5-13(17)10-14(11)15(18)12-6-8-16(2,19)9-7-12/h4-5,10,12,19H,3,6-9H2,1-2H3. The van der Waals surface area contributed by atoms with Crippen molar-refractivity contribution in [3.63, 3.8) is 0 Å². The summed E-state index contributed by atoms with van der Waals surface area (Å²) < 4.78 is 0.954. The van der Waals surface area contributed by atoms with Crippen LogP contribution in [-0.4, -0.2) is 16.5 Å². The first-order valence-corrected chi connectivity index (χ1v) is 7.77. The molecule has 0 radical (unpaired) electrons. The number of halogens is 1. The van der Waals surface area contributed by atoms with Gasteiger partial charge in [0.15, 0.2) is 5.78 Å². The minimum atomic E-state index is -0.582. The summed E-state index contributed by atoms with van der Waals surface area (Å²) in [4.78, 5) is 12.6. The van der Waals surface area contributed by atoms with Gasteiger partial charge in [0, 0.05) is 16.0 Å². The van der Waals surface area contributed by atoms with Crippen molar-refractivity contribution in [1.29, 1.82) is 0 Å². The van der Waals surface area contributed by atoms with Crippen LogP contribution >= 0.6 is 15.9 Å². The van der Waals surface area contributed by atoms with Crippen LogP contribution in [0.2, 0.25) is 0 Å². The van der Waals surface area contributed by atoms with Crippen LogP contribution in [0.15, 0.2) is 22.7 Å². The number of aliphatic hydroxyl groups is 1. The van der Waals surface area contributed by atoms with Crippen molar-refractivity contribution >= 4 is 21.7 Å². The van der Waals surface area contributed by atoms with Gasteiger partial charge in [-0.2, -0.15) is 0 Å². The Balaban J connectivity index is 2.18. The van der Waals surface area contributed by atoms with Crippen molar-refractivity contribution in [3.05, 3.63) is 33.8 Å². The molecule has 0 heterocycles. The second kappa shape index (κ2) is 5.76. The molecule has 0 atom stereocenters. The van der Waals surface area contributed by atoms with E-state index in [-0.39, 0.29) is 11.7 Å². The van der Waals surface area contributed by atoms with E-state index in [0.29, 0.717) is 0 Å². The molecule has 0 aliphatic heterocycles. The minimum absolute atomic E-state index is 0.0693. The average Bonchev–Trinajstić information content (AvgIpc) is 2.38. The van der Waals surface area contributed by atoms with Crippen molar-refractivity contribution in [1.82, 2.24) is 0 Å². The number of benzene rings is 1. The Bertz CT molecular complexity index is 470. The zero-order valence-electron chi connectivity index (χ0n) is 11.6. The number of rotatable bonds is 3. The van der Waals surface area contributed by atoms with E-state index in [2.05, 4.69) is 22.9 Å². The molecule has 0 saturated heterocycles. The maximum absolute atomic E-state index is 12.6. The van der Waals surface area contributed by atoms with Gasteiger partial charge in [0.1, 0.15) is 0 Å². The molecular weight excluding hydrogens is 304 g/mol. The van der Waals surface area contributed by atoms with E-state index in [1.807, 2.05) is 25.1 Å². The quantitative estimate of drug-likeness (QED) is 0.848. The summed E-state index contributed by atoms with van der Waals surface area (Å²) in [7, 11) is 0. The van der Waals surface area contributed by atoms with Crippen molar-refractivity contribution in [3.8, 4) is 0 Å². The molecule has 3 heteroatoms. The Morgan fingerprint density at radius 3 is 2.63 bits per heavy atom. The zero-order valence-corrected chi connectivity index (χ0v) is 13.2. The molecule has 0 amide bonds. The van der Waals surface area contributed by atoms with Gasteiger partial charge in [-0.15, -0.1) is 0 Å². The SMILES string of the molecule is CCc1ccc(Br)cc1C(=O)C1CCC(C)(O)CC1. The molecule has 19 heavy (non-hydrogen) atoms. The lowest BCUT2D eigenvalue weighted by atomic mass is 9.76. The third-order valence-corrected chi connectivity index (χ3v) is 4.65. The summed E-state index contributed by atoms with van der Waals surface area (Å²) in [6.07, 6.45) is 3.90. The van der Waals surface area contributed by atoms with E-state index in [9.17, 15) is 9.90 Å². The predicted molar refractivity (Wildman–Crippen MR) is 80.4 cm³/mol. The third kappa shape index (κ3) is 3.46. The smallest absolute Gasteiger partial charge is 0.166 e. The highest BCUT2D eigenvalue weighted by Gasteiger charge is 2.32. The first-order valence-electron chi connectivity index (χ1n) is 6.98. The molecule has 1 aliphatic carbocycles. The number of Topliss-reactive ketones (excluding diaryl/α,β-unsaturated/α-hetero) is 1. The first kappa shape index (κ1) is 14.7. The minimum Gasteiger partial charge on any atom is -0.390 e. The summed E-state index contributed by atoms with van der Waals surface area (Å²) in [5.41, 5.74) is 1.38. The molecular formula is C16H21BrO2. The molecule has 0 unspecified atom stereocenters. The second-order valence-corrected chi connectivity index (χ2v) is 6.71. The van der Waals surface area contributed by atoms with E-state index in [1.54, 1.807) is 0 Å². The van der Waals surface area contributed by atoms with Crippen LogP contribution in [0.3, 0.4) is 0 Å². The van der Waals surface area contributed by atoms with E-state index in [0.717, 1.165) is 47.7 Å². The zero-order chi connectivity index (χ0) is 14.0. The van der Waals surface area contributed by atoms with Crippen LogP contribution < -0.4 is 0 Å². The van der Waals surface area contributed by atoms with Crippen molar-refractivity contribution in [2.24, 2.45) is 5.92 Å². The molecule has 2 nitrogen and oxygen atoms in total. The molecule has 1 fully saturated rings. The average molecular weight is 325 g/mol. The Morgan fingerprint density at radius 1 is 1.42 bits per heavy atom. The van der Waals surface area contributed by atoms with E-state index in [4.69, 9.17) is 0 Å². The monoisotopic (exact) mass is 324 g/mol. The summed E-state index contributed by atoms with van der Waals surface area (Å²) in [5, 5.41) is 9.97. The van der Waals surface area contributed by atoms with E-state index in [1.165, 1.54) is 0 Å². The Morgan fingerprint density at radius 2 is 2.05 bits per heavy atom. The Labute approximate surface area is 123 Å². The molecule has 1 saturated carbocycles. The molecule has 0 aromatic heterocycles. The fourth-order valence-corrected chi connectivity index (χ4v) is 3.17. The molecule has 1 aromatic carbocycles. The van der Waals surface area contributed by atoms with E-state index >= 15 is 0 Å². The lowest BCUT2D eigenvalue weighted by Gasteiger charge is -2.32. The molecule has 0 bridgehead atoms. The molecule has 1 aliphatic rings. The van der Waals surface area contributed by atoms with Gasteiger partial charge in [0.05, 0.1) is 5.60 Å². The fourth-order valence-electron chi connectivity index (χ4n) is 2.81. The molecule has 1 aromatic rings. The van der Waals surface area contributed by atoms with Crippen LogP contribution in [0.25, 0.3) is 0 Å². The Kier molecular flexibility index (Phi) is 4.46. The van der Waals surface area contributed by atoms with Crippen LogP contribution in [0, 0.1) is 5.92 Å². The summed E-state index contributed by atoms with van der Waals surface area (Å²) in [6.45, 7) is 3.94. The maximum atomic E-state index is 12.6. The number of aryl methyl sites for hydroxylation is 1. The Hall–Kier alpha value is -0.670. The predicted octanol–water partition coefficient (Wildman–Crippen LogP) is 4.14. The van der Waals surface area contributed by atoms with Gasteiger partial charge in [0.25, 0.3) is 0 Å². The van der Waals surface area contributed by atoms with Gasteiger partial charge in [-0.05, 0) is 56.7 Å². The summed E-state index contributed by atoms with van der Waals surface area (Å²) in [6, 6.07) is 5.95. The van der Waals surface area contributed by atoms with Gasteiger partial charge >= 0.3 is 0 Å². The molecule has 0 spiro atoms. The topological polar surface area (TPSA) is 37.3 Å². The van der Waals surface area contributed by atoms with Gasteiger partial charge in [0.2, 0.25) is 0 Å². The van der Waals surface area contributed by atoms with Gasteiger partial charge in [-0.25, -0.2) is 0 Å². The number of carbonyl (C=O) groups excluding carboxylic acids is 1. The second-order valence-electron chi connectivity index (χ2n) is 5.79. The molecule has 104 valence electrons. The highest BCUT2D eigenvalue weighted by Crippen LogP contribution is 2.34. The number of hydrogen-bond donors (Lipinski definition) is 1. The first-order chi connectivity index (χ1) is 8.93. The lowest BCUT2D eigenvalue weighted by molar-refractivity contribution is 0.00971. The van der Waals surface area contributed by atoms with Crippen molar-refractivity contribution in [2.45, 2.75) is 51.6 Å². The van der Waals surface area contributed by atoms with E-state index < -0.39 is 5.60 Å². The van der Waals surface area contributed by atoms with Gasteiger partial charge < -0.3 is 5.11 Å². The fraction of sp³-hybridized carbons (Fsp3) is 0.562. The van der Waals surface area contributed by atoms with Crippen molar-refractivity contribution < 1.29 is 9.90 Å². The van der Waals surface area contributed by atoms with Crippen molar-refractivity contribution in [2.75, 3.05) is 0 Å². The van der Waals surface area contributed by atoms with Gasteiger partial charge in [-0.3, -0.25) is 4.79 Å². The highest BCUT2D eigenvalue weighted by atomic mass is 79.9. The van der Waals surface area contributed by atoms with Crippen LogP contribution in [0.1, 0.15) is 55.5 Å². The maximum Gasteiger partial charge on any atom is 0.166 e. The van der Waals surface area contributed by atoms with Crippen LogP contribution in [0.5, 0.6) is 0 Å². The molecule has 1 N–H and O–H groups in total.